The number of hydrogen-bond donors (Lipinski definition) is 2. The van der Waals surface area contributed by atoms with Gasteiger partial charge < -0.3 is 29.3 Å². The standard InChI is InChI=1S/C21H33N3O9S/c1-21(2)13-32-15(26)12-16(27)34-11-8-22-14(25)6-7-23-18(28)17(21)33-20(30)19(29)31-10-9-24(3,4)5/h17H,6-13H2,1-5H3,(H-,22,23,25,28)/p+1/t17-/m0/s1. The Morgan fingerprint density at radius 2 is 1.76 bits per heavy atom. The van der Waals surface area contributed by atoms with Crippen LogP contribution in [0.2, 0.25) is 0 Å². The number of nitrogens with one attached hydrogen (secondary N) is 2. The number of hydrogen-bond acceptors (Lipinski definition) is 10. The van der Waals surface area contributed by atoms with Crippen LogP contribution < -0.4 is 10.6 Å². The number of likely N-dealkylation sites (N-methyl/N-ethyl adjacent to an activating group) is 1. The minimum absolute atomic E-state index is 0.0313. The van der Waals surface area contributed by atoms with Crippen LogP contribution in [0.4, 0.5) is 0 Å². The lowest BCUT2D eigenvalue weighted by atomic mass is 9.86. The zero-order valence-electron chi connectivity index (χ0n) is 20.3. The first-order valence-corrected chi connectivity index (χ1v) is 11.7. The molecule has 1 aliphatic heterocycles. The highest BCUT2D eigenvalue weighted by Crippen LogP contribution is 2.25. The molecule has 192 valence electrons. The molecule has 1 atom stereocenters. The van der Waals surface area contributed by atoms with Crippen molar-refractivity contribution >= 4 is 46.6 Å². The summed E-state index contributed by atoms with van der Waals surface area (Å²) in [6.07, 6.45) is -2.09. The summed E-state index contributed by atoms with van der Waals surface area (Å²) in [5.74, 6) is -4.29. The Morgan fingerprint density at radius 3 is 2.41 bits per heavy atom. The van der Waals surface area contributed by atoms with Crippen molar-refractivity contribution < 1.29 is 47.5 Å². The quantitative estimate of drug-likeness (QED) is 0.160. The molecule has 0 aromatic carbocycles. The number of esters is 3. The zero-order valence-corrected chi connectivity index (χ0v) is 21.1. The van der Waals surface area contributed by atoms with Crippen LogP contribution in [0.5, 0.6) is 0 Å². The monoisotopic (exact) mass is 504 g/mol. The van der Waals surface area contributed by atoms with Crippen molar-refractivity contribution in [2.75, 3.05) is 59.7 Å². The Morgan fingerprint density at radius 1 is 1.09 bits per heavy atom. The summed E-state index contributed by atoms with van der Waals surface area (Å²) >= 11 is 0.892. The molecule has 0 saturated carbocycles. The van der Waals surface area contributed by atoms with E-state index in [0.717, 1.165) is 11.8 Å². The third-order valence-corrected chi connectivity index (χ3v) is 5.44. The molecule has 1 fully saturated rings. The van der Waals surface area contributed by atoms with E-state index in [1.165, 1.54) is 13.8 Å². The van der Waals surface area contributed by atoms with Gasteiger partial charge in [0.2, 0.25) is 5.91 Å². The number of ether oxygens (including phenoxy) is 3. The molecule has 1 rings (SSSR count). The van der Waals surface area contributed by atoms with E-state index < -0.39 is 46.9 Å². The lowest BCUT2D eigenvalue weighted by Gasteiger charge is -2.32. The third kappa shape index (κ3) is 11.5. The van der Waals surface area contributed by atoms with E-state index >= 15 is 0 Å². The highest BCUT2D eigenvalue weighted by atomic mass is 32.2. The van der Waals surface area contributed by atoms with Crippen LogP contribution >= 0.6 is 11.8 Å². The largest absolute Gasteiger partial charge is 0.465 e. The fourth-order valence-corrected chi connectivity index (χ4v) is 3.24. The normalized spacial score (nSPS) is 21.0. The minimum Gasteiger partial charge on any atom is -0.465 e. The van der Waals surface area contributed by atoms with Gasteiger partial charge in [-0.05, 0) is 0 Å². The molecule has 1 heterocycles. The molecule has 12 nitrogen and oxygen atoms in total. The fraction of sp³-hybridized carbons (Fsp3) is 0.714. The number of thioether (sulfide) groups is 1. The number of amides is 2. The molecule has 2 amide bonds. The Kier molecular flexibility index (Phi) is 11.5. The SMILES string of the molecule is CC1(C)COC(=O)CC(=O)SCCNC(=O)CCNC(=O)[C@@H]1OC(=O)C(=O)OCC[N+](C)(C)C. The first-order valence-electron chi connectivity index (χ1n) is 10.7. The Balaban J connectivity index is 2.94. The Labute approximate surface area is 203 Å². The maximum atomic E-state index is 12.8. The van der Waals surface area contributed by atoms with E-state index in [9.17, 15) is 28.8 Å². The summed E-state index contributed by atoms with van der Waals surface area (Å²) in [4.78, 5) is 73.0. The van der Waals surface area contributed by atoms with Crippen LogP contribution in [0, 0.1) is 5.41 Å². The summed E-state index contributed by atoms with van der Waals surface area (Å²) < 4.78 is 15.7. The van der Waals surface area contributed by atoms with E-state index in [1.807, 2.05) is 21.1 Å². The lowest BCUT2D eigenvalue weighted by molar-refractivity contribution is -0.870. The smallest absolute Gasteiger partial charge is 0.418 e. The van der Waals surface area contributed by atoms with Crippen LogP contribution in [0.1, 0.15) is 26.7 Å². The maximum absolute atomic E-state index is 12.8. The number of quaternary nitrogens is 1. The lowest BCUT2D eigenvalue weighted by Crippen LogP contribution is -2.50. The number of carbonyl (C=O) groups is 6. The van der Waals surface area contributed by atoms with E-state index in [2.05, 4.69) is 10.6 Å². The van der Waals surface area contributed by atoms with Gasteiger partial charge in [-0.25, -0.2) is 9.59 Å². The van der Waals surface area contributed by atoms with Crippen molar-refractivity contribution in [3.8, 4) is 0 Å². The molecule has 1 aliphatic rings. The molecule has 0 aromatic rings. The van der Waals surface area contributed by atoms with Crippen molar-refractivity contribution in [3.63, 3.8) is 0 Å². The van der Waals surface area contributed by atoms with E-state index in [1.54, 1.807) is 0 Å². The minimum atomic E-state index is -1.54. The third-order valence-electron chi connectivity index (χ3n) is 4.57. The van der Waals surface area contributed by atoms with Gasteiger partial charge in [-0.3, -0.25) is 19.2 Å². The molecule has 0 bridgehead atoms. The van der Waals surface area contributed by atoms with E-state index in [4.69, 9.17) is 14.2 Å². The van der Waals surface area contributed by atoms with E-state index in [0.29, 0.717) is 16.8 Å². The van der Waals surface area contributed by atoms with Crippen LogP contribution in [0.3, 0.4) is 0 Å². The summed E-state index contributed by atoms with van der Waals surface area (Å²) in [5.41, 5.74) is -1.27. The topological polar surface area (TPSA) is 154 Å². The molecule has 0 spiro atoms. The highest BCUT2D eigenvalue weighted by Gasteiger charge is 2.41. The molecular formula is C21H34N3O9S+. The first-order chi connectivity index (χ1) is 15.7. The number of rotatable bonds is 4. The Bertz CT molecular complexity index is 793. The summed E-state index contributed by atoms with van der Waals surface area (Å²) in [5, 5.41) is 4.65. The maximum Gasteiger partial charge on any atom is 0.418 e. The van der Waals surface area contributed by atoms with Crippen molar-refractivity contribution in [1.82, 2.24) is 10.6 Å². The molecule has 34 heavy (non-hydrogen) atoms. The average Bonchev–Trinajstić information content (AvgIpc) is 2.71. The molecule has 13 heteroatoms. The van der Waals surface area contributed by atoms with Gasteiger partial charge in [0.05, 0.1) is 21.1 Å². The summed E-state index contributed by atoms with van der Waals surface area (Å²) in [7, 11) is 5.64. The average molecular weight is 505 g/mol. The van der Waals surface area contributed by atoms with Crippen molar-refractivity contribution in [2.45, 2.75) is 32.8 Å². The van der Waals surface area contributed by atoms with Crippen LogP contribution in [0.15, 0.2) is 0 Å². The van der Waals surface area contributed by atoms with Gasteiger partial charge in [-0.2, -0.15) is 0 Å². The van der Waals surface area contributed by atoms with Crippen molar-refractivity contribution in [2.24, 2.45) is 5.41 Å². The summed E-state index contributed by atoms with van der Waals surface area (Å²) in [6.45, 7) is 3.18. The molecule has 1 saturated heterocycles. The number of nitrogens with zero attached hydrogens (tertiary/aromatic N) is 1. The fourth-order valence-electron chi connectivity index (χ4n) is 2.59. The van der Waals surface area contributed by atoms with Crippen LogP contribution in [-0.4, -0.2) is 105 Å². The molecule has 0 unspecified atom stereocenters. The van der Waals surface area contributed by atoms with Gasteiger partial charge >= 0.3 is 17.9 Å². The van der Waals surface area contributed by atoms with Gasteiger partial charge in [-0.15, -0.1) is 0 Å². The second kappa shape index (κ2) is 13.3. The van der Waals surface area contributed by atoms with Gasteiger partial charge in [0.25, 0.3) is 5.91 Å². The first kappa shape index (κ1) is 29.4. The van der Waals surface area contributed by atoms with Crippen molar-refractivity contribution in [3.05, 3.63) is 0 Å². The zero-order chi connectivity index (χ0) is 25.9. The van der Waals surface area contributed by atoms with Gasteiger partial charge in [-0.1, -0.05) is 25.6 Å². The molecule has 0 radical (unpaired) electrons. The highest BCUT2D eigenvalue weighted by molar-refractivity contribution is 8.13. The summed E-state index contributed by atoms with van der Waals surface area (Å²) in [6, 6.07) is 0. The number of carbonyl (C=O) groups excluding carboxylic acids is 6. The predicted octanol–water partition coefficient (Wildman–Crippen LogP) is -0.997. The molecule has 0 aromatic heterocycles. The second-order valence-corrected chi connectivity index (χ2v) is 10.5. The Hall–Kier alpha value is -2.67. The van der Waals surface area contributed by atoms with Crippen LogP contribution in [0.25, 0.3) is 0 Å². The molecular weight excluding hydrogens is 470 g/mol. The molecule has 0 aliphatic carbocycles. The van der Waals surface area contributed by atoms with E-state index in [-0.39, 0.29) is 38.6 Å². The van der Waals surface area contributed by atoms with Gasteiger partial charge in [0, 0.05) is 30.7 Å². The van der Waals surface area contributed by atoms with Gasteiger partial charge in [0.1, 0.15) is 26.2 Å². The van der Waals surface area contributed by atoms with Crippen LogP contribution in [-0.2, 0) is 43.0 Å². The van der Waals surface area contributed by atoms with Crippen molar-refractivity contribution in [1.29, 1.82) is 0 Å². The predicted molar refractivity (Wildman–Crippen MR) is 121 cm³/mol. The second-order valence-electron chi connectivity index (χ2n) is 9.37. The van der Waals surface area contributed by atoms with Gasteiger partial charge in [0.15, 0.2) is 11.2 Å². The number of cyclic esters (lactones) is 1. The molecule has 2 N–H and O–H groups in total.